The first kappa shape index (κ1) is 84.2. The molecule has 29 nitrogen and oxygen atoms in total. The third kappa shape index (κ3) is 19.6. The van der Waals surface area contributed by atoms with Gasteiger partial charge in [0.25, 0.3) is 5.91 Å². The second-order valence-corrected chi connectivity index (χ2v) is 30.0. The molecule has 8 amide bonds. The van der Waals surface area contributed by atoms with Crippen molar-refractivity contribution in [2.24, 2.45) is 40.2 Å². The molecule has 1 saturated heterocycles. The number of carbonyl (C=O) groups is 13. The Kier molecular flexibility index (Phi) is 28.0. The summed E-state index contributed by atoms with van der Waals surface area (Å²) in [6.45, 7) is 14.5. The number of rotatable bonds is 32. The van der Waals surface area contributed by atoms with Gasteiger partial charge in [-0.15, -0.1) is 0 Å². The monoisotopic (exact) mass is 1510 g/mol. The van der Waals surface area contributed by atoms with E-state index >= 15 is 9.59 Å². The van der Waals surface area contributed by atoms with Crippen molar-refractivity contribution in [2.75, 3.05) is 45.7 Å². The number of ether oxygens (including phenoxy) is 6. The van der Waals surface area contributed by atoms with Gasteiger partial charge in [0.15, 0.2) is 29.4 Å². The van der Waals surface area contributed by atoms with Gasteiger partial charge in [0, 0.05) is 120 Å². The molecular formula is C80H102N8O21. The largest absolute Gasteiger partial charge is 0.456 e. The quantitative estimate of drug-likeness (QED) is 0.00790. The highest BCUT2D eigenvalue weighted by Gasteiger charge is 2.78. The fraction of sp³-hybridized carbons (Fsp3) is 0.512. The molecule has 9 N–H and O–H groups in total. The van der Waals surface area contributed by atoms with Gasteiger partial charge in [-0.3, -0.25) is 43.2 Å². The van der Waals surface area contributed by atoms with E-state index in [2.05, 4.69) is 26.6 Å². The molecule has 13 atom stereocenters. The summed E-state index contributed by atoms with van der Waals surface area (Å²) in [5, 5.41) is 40.0. The third-order valence-electron chi connectivity index (χ3n) is 21.5. The molecule has 8 rings (SSSR count). The Morgan fingerprint density at radius 2 is 1.32 bits per heavy atom. The number of fused-ring (bicyclic) bond motifs is 5. The molecule has 1 aliphatic heterocycles. The molecule has 2 saturated carbocycles. The van der Waals surface area contributed by atoms with Crippen LogP contribution in [0, 0.1) is 34.5 Å². The number of anilines is 1. The highest BCUT2D eigenvalue weighted by molar-refractivity contribution is 6.00. The van der Waals surface area contributed by atoms with Crippen LogP contribution in [-0.4, -0.2) is 191 Å². The van der Waals surface area contributed by atoms with Gasteiger partial charge in [-0.05, 0) is 85.6 Å². The number of nitrogens with two attached hydrogens (primary N) is 1. The van der Waals surface area contributed by atoms with E-state index in [9.17, 15) is 63.0 Å². The zero-order chi connectivity index (χ0) is 80.0. The summed E-state index contributed by atoms with van der Waals surface area (Å²) in [5.74, 6) is -10.5. The van der Waals surface area contributed by atoms with Crippen LogP contribution in [0.5, 0.6) is 0 Å². The molecule has 4 aliphatic rings. The van der Waals surface area contributed by atoms with E-state index in [1.54, 1.807) is 157 Å². The van der Waals surface area contributed by atoms with E-state index in [4.69, 9.17) is 34.2 Å². The number of benzene rings is 4. The standard InChI is InChI=1S/C80H102N8O21/c1-45(2)57(91)31-22-32-62(93)85-64(46(3)4)72(98)84-56(30-23-37-82-74(81)100)71(97)83-54-35-33-50(34-36-54)43-104-75(101)87(11)38-39-88(12)76(102)108-60-41-61-79(44-105-61,109-49(7)90)68-55(40-58(92)51-24-16-13-17-25-51)80(103)42-59(47(5)63(77(80,8)9)67(106-48(6)89)69(95)78(60,68)10)107-73(99)66(94)65(52-26-18-14-19-27-52)86-70(96)53-28-20-15-21-29-53/h13-21,24-29,33-36,45-46,55-56,59-61,64-68,94,103H,22-23,30-32,37-44H2,1-12H3,(H,83,97)(H,84,98)(H,85,93)(H,86,96)(H3,81,82,100)/t55-,56-,59-,60-,61+,64-,65-,66+,67+,68-,78+,79-,80+/m0/s1. The van der Waals surface area contributed by atoms with Crippen molar-refractivity contribution >= 4 is 82.8 Å². The van der Waals surface area contributed by atoms with Crippen molar-refractivity contribution in [3.8, 4) is 0 Å². The van der Waals surface area contributed by atoms with E-state index in [1.165, 1.54) is 32.8 Å². The number of nitrogens with one attached hydrogen (secondary N) is 5. The number of nitrogens with zero attached hydrogens (tertiary/aromatic N) is 2. The predicted octanol–water partition coefficient (Wildman–Crippen LogP) is 7.15. The summed E-state index contributed by atoms with van der Waals surface area (Å²) in [7, 11) is 2.80. The number of aliphatic hydroxyl groups excluding tert-OH is 1. The molecule has 588 valence electrons. The first-order valence-corrected chi connectivity index (χ1v) is 36.6. The fourth-order valence-electron chi connectivity index (χ4n) is 15.4. The fourth-order valence-corrected chi connectivity index (χ4v) is 15.4. The third-order valence-corrected chi connectivity index (χ3v) is 21.5. The van der Waals surface area contributed by atoms with Gasteiger partial charge in [-0.25, -0.2) is 19.2 Å². The molecule has 4 aromatic carbocycles. The molecule has 3 aliphatic carbocycles. The van der Waals surface area contributed by atoms with Crippen LogP contribution in [0.1, 0.15) is 158 Å². The van der Waals surface area contributed by atoms with Crippen LogP contribution in [0.3, 0.4) is 0 Å². The van der Waals surface area contributed by atoms with Crippen molar-refractivity contribution in [3.63, 3.8) is 0 Å². The number of hydrogen-bond acceptors (Lipinski definition) is 21. The van der Waals surface area contributed by atoms with Crippen LogP contribution < -0.4 is 32.3 Å². The highest BCUT2D eigenvalue weighted by Crippen LogP contribution is 2.67. The molecule has 0 aromatic heterocycles. The van der Waals surface area contributed by atoms with Gasteiger partial charge in [0.05, 0.1) is 23.7 Å². The van der Waals surface area contributed by atoms with Gasteiger partial charge in [-0.1, -0.05) is 133 Å². The molecule has 29 heteroatoms. The molecule has 0 radical (unpaired) electrons. The Bertz CT molecular complexity index is 4040. The minimum atomic E-state index is -2.37. The van der Waals surface area contributed by atoms with Gasteiger partial charge in [0.1, 0.15) is 42.8 Å². The Morgan fingerprint density at radius 3 is 1.89 bits per heavy atom. The Morgan fingerprint density at radius 1 is 0.716 bits per heavy atom. The smallest absolute Gasteiger partial charge is 0.409 e. The normalized spacial score (nSPS) is 23.5. The Hall–Kier alpha value is -10.4. The minimum Gasteiger partial charge on any atom is -0.456 e. The SMILES string of the molecule is CC(=O)O[C@H]1C(=O)[C@]2(C)[C@@H](OC(=O)N(C)CCN(C)C(=O)OCc3ccc(NC(=O)[C@H](CCCNC(N)=O)NC(=O)[C@@H](NC(=O)CCCC(=O)C(C)C)C(C)C)cc3)C[C@H]3OC[C@@]3(OC(C)=O)[C@H]2[C@H](CC(=O)c2ccccc2)[C@]2(O)C[C@H](OC(=O)[C@H](O)[C@@H](NC(=O)c3ccccc3)c3ccccc3)C(C)=C1C2(C)C. The van der Waals surface area contributed by atoms with Gasteiger partial charge < -0.3 is 80.8 Å². The summed E-state index contributed by atoms with van der Waals surface area (Å²) in [6, 6.07) is 26.3. The maximum absolute atomic E-state index is 16.7. The van der Waals surface area contributed by atoms with E-state index in [0.717, 1.165) is 18.7 Å². The van der Waals surface area contributed by atoms with Crippen molar-refractivity contribution in [1.29, 1.82) is 0 Å². The number of aliphatic hydroxyl groups is 2. The second-order valence-electron chi connectivity index (χ2n) is 30.0. The summed E-state index contributed by atoms with van der Waals surface area (Å²) in [6.07, 6.45) is -10.9. The number of amides is 8. The molecule has 0 unspecified atom stereocenters. The van der Waals surface area contributed by atoms with Crippen LogP contribution in [0.25, 0.3) is 0 Å². The van der Waals surface area contributed by atoms with E-state index in [1.807, 2.05) is 0 Å². The minimum absolute atomic E-state index is 0.0148. The average molecular weight is 1510 g/mol. The number of likely N-dealkylation sites (N-methyl/N-ethyl adjacent to an activating group) is 2. The van der Waals surface area contributed by atoms with Crippen molar-refractivity contribution in [3.05, 3.63) is 149 Å². The van der Waals surface area contributed by atoms with Gasteiger partial charge in [0.2, 0.25) is 17.7 Å². The van der Waals surface area contributed by atoms with Crippen molar-refractivity contribution in [2.45, 2.75) is 187 Å². The molecule has 4 aromatic rings. The zero-order valence-corrected chi connectivity index (χ0v) is 63.7. The van der Waals surface area contributed by atoms with Crippen LogP contribution in [0.2, 0.25) is 0 Å². The van der Waals surface area contributed by atoms with Gasteiger partial charge >= 0.3 is 36.1 Å². The van der Waals surface area contributed by atoms with Crippen molar-refractivity contribution in [1.82, 2.24) is 31.1 Å². The second kappa shape index (κ2) is 36.2. The summed E-state index contributed by atoms with van der Waals surface area (Å²) < 4.78 is 37.1. The first-order valence-electron chi connectivity index (χ1n) is 36.6. The van der Waals surface area contributed by atoms with Crippen LogP contribution in [0.4, 0.5) is 20.1 Å². The van der Waals surface area contributed by atoms with Crippen LogP contribution >= 0.6 is 0 Å². The number of esters is 3. The number of primary amides is 1. The Labute approximate surface area is 633 Å². The molecule has 3 fully saturated rings. The number of urea groups is 1. The number of hydrogen-bond donors (Lipinski definition) is 8. The summed E-state index contributed by atoms with van der Waals surface area (Å²) in [4.78, 5) is 182. The van der Waals surface area contributed by atoms with Crippen LogP contribution in [-0.2, 0) is 73.4 Å². The molecule has 1 heterocycles. The molecule has 0 spiro atoms. The maximum Gasteiger partial charge on any atom is 0.409 e. The lowest BCUT2D eigenvalue weighted by Crippen LogP contribution is -2.80. The van der Waals surface area contributed by atoms with Gasteiger partial charge in [-0.2, -0.15) is 0 Å². The lowest BCUT2D eigenvalue weighted by Gasteiger charge is -2.68. The number of ketones is 3. The maximum atomic E-state index is 16.7. The van der Waals surface area contributed by atoms with E-state index in [0.29, 0.717) is 23.2 Å². The van der Waals surface area contributed by atoms with Crippen LogP contribution in [0.15, 0.2) is 126 Å². The molecule has 2 bridgehead atoms. The zero-order valence-electron chi connectivity index (χ0n) is 63.7. The average Bonchev–Trinajstić information content (AvgIpc) is 0.667. The van der Waals surface area contributed by atoms with E-state index in [-0.39, 0.29) is 98.9 Å². The first-order chi connectivity index (χ1) is 51.4. The van der Waals surface area contributed by atoms with E-state index < -0.39 is 173 Å². The number of carbonyl (C=O) groups excluding carboxylic acids is 13. The summed E-state index contributed by atoms with van der Waals surface area (Å²) >= 11 is 0. The van der Waals surface area contributed by atoms with Crippen molar-refractivity contribution < 1.29 is 101 Å². The highest BCUT2D eigenvalue weighted by atomic mass is 16.6. The lowest BCUT2D eigenvalue weighted by atomic mass is 9.41. The lowest BCUT2D eigenvalue weighted by molar-refractivity contribution is -0.339. The summed E-state index contributed by atoms with van der Waals surface area (Å²) in [5.41, 5.74) is -1.30. The molecule has 109 heavy (non-hydrogen) atoms. The Balaban J connectivity index is 1.01. The predicted molar refractivity (Wildman–Crippen MR) is 395 cm³/mol. The number of Topliss-reactive ketones (excluding diaryl/α,β-unsaturated/α-hetero) is 3. The topological polar surface area (TPSA) is 410 Å². The molecular weight excluding hydrogens is 1410 g/mol.